The first kappa shape index (κ1) is 25.7. The van der Waals surface area contributed by atoms with Crippen molar-refractivity contribution in [1.29, 1.82) is 0 Å². The van der Waals surface area contributed by atoms with Crippen LogP contribution in [0.1, 0.15) is 53.6 Å². The van der Waals surface area contributed by atoms with Crippen molar-refractivity contribution < 1.29 is 29.0 Å². The minimum atomic E-state index is -0.655. The third-order valence-corrected chi connectivity index (χ3v) is 7.55. The number of imide groups is 1. The quantitative estimate of drug-likeness (QED) is 0.395. The topological polar surface area (TPSA) is 137 Å². The fraction of sp³-hybridized carbons (Fsp3) is 0.429. The molecular weight excluding hydrogens is 488 g/mol. The number of benzene rings is 2. The lowest BCUT2D eigenvalue weighted by molar-refractivity contribution is -0.136. The number of rotatable bonds is 8. The molecule has 1 aliphatic carbocycles. The third-order valence-electron chi connectivity index (χ3n) is 7.55. The van der Waals surface area contributed by atoms with Crippen LogP contribution in [0.4, 0.5) is 10.5 Å². The molecule has 4 N–H and O–H groups in total. The Morgan fingerprint density at radius 3 is 2.58 bits per heavy atom. The molecule has 38 heavy (non-hydrogen) atoms. The minimum absolute atomic E-state index is 0.211. The highest BCUT2D eigenvalue weighted by atomic mass is 16.5. The second-order valence-electron chi connectivity index (χ2n) is 10.3. The summed E-state index contributed by atoms with van der Waals surface area (Å²) in [6.45, 7) is 1.43. The highest BCUT2D eigenvalue weighted by Gasteiger charge is 2.39. The number of hydrogen-bond acceptors (Lipinski definition) is 6. The van der Waals surface area contributed by atoms with E-state index in [0.29, 0.717) is 36.1 Å². The lowest BCUT2D eigenvalue weighted by Crippen LogP contribution is -2.52. The van der Waals surface area contributed by atoms with Gasteiger partial charge in [0.05, 0.1) is 6.61 Å². The average molecular weight is 521 g/mol. The SMILES string of the molecule is O=C1CCC(N2Cc3cc(CNC(=O)Nc4ccc(OC[C@@H]5CC[C@H](CO)C5)cc4)ccc3C2=O)C(=O)N1. The van der Waals surface area contributed by atoms with E-state index in [2.05, 4.69) is 16.0 Å². The second kappa shape index (κ2) is 11.2. The van der Waals surface area contributed by atoms with Crippen molar-refractivity contribution in [2.45, 2.75) is 51.2 Å². The smallest absolute Gasteiger partial charge is 0.319 e. The van der Waals surface area contributed by atoms with Crippen molar-refractivity contribution in [1.82, 2.24) is 15.5 Å². The van der Waals surface area contributed by atoms with E-state index in [4.69, 9.17) is 4.74 Å². The molecule has 1 unspecified atom stereocenters. The zero-order valence-corrected chi connectivity index (χ0v) is 21.1. The van der Waals surface area contributed by atoms with E-state index in [9.17, 15) is 24.3 Å². The fourth-order valence-electron chi connectivity index (χ4n) is 5.44. The molecule has 2 aromatic carbocycles. The van der Waals surface area contributed by atoms with Gasteiger partial charge in [-0.05, 0) is 79.0 Å². The Bertz CT molecular complexity index is 1230. The van der Waals surface area contributed by atoms with Gasteiger partial charge < -0.3 is 25.4 Å². The van der Waals surface area contributed by atoms with Crippen molar-refractivity contribution in [2.75, 3.05) is 18.5 Å². The van der Waals surface area contributed by atoms with Crippen LogP contribution in [-0.4, -0.2) is 53.0 Å². The van der Waals surface area contributed by atoms with Gasteiger partial charge in [0.1, 0.15) is 11.8 Å². The number of carbonyl (C=O) groups excluding carboxylic acids is 4. The summed E-state index contributed by atoms with van der Waals surface area (Å²) in [5.74, 6) is 0.613. The number of anilines is 1. The Balaban J connectivity index is 1.09. The molecule has 3 aliphatic rings. The zero-order chi connectivity index (χ0) is 26.6. The lowest BCUT2D eigenvalue weighted by Gasteiger charge is -2.29. The summed E-state index contributed by atoms with van der Waals surface area (Å²) in [4.78, 5) is 50.4. The van der Waals surface area contributed by atoms with Crippen LogP contribution in [0.5, 0.6) is 5.75 Å². The number of aliphatic hydroxyl groups is 1. The van der Waals surface area contributed by atoms with E-state index in [1.807, 2.05) is 18.2 Å². The molecule has 0 spiro atoms. The van der Waals surface area contributed by atoms with Crippen molar-refractivity contribution in [2.24, 2.45) is 11.8 Å². The number of carbonyl (C=O) groups is 4. The number of nitrogens with one attached hydrogen (secondary N) is 3. The van der Waals surface area contributed by atoms with Gasteiger partial charge in [-0.2, -0.15) is 0 Å². The van der Waals surface area contributed by atoms with Gasteiger partial charge >= 0.3 is 6.03 Å². The van der Waals surface area contributed by atoms with E-state index in [-0.39, 0.29) is 44.0 Å². The van der Waals surface area contributed by atoms with Gasteiger partial charge in [-0.1, -0.05) is 12.1 Å². The number of aliphatic hydroxyl groups excluding tert-OH is 1. The molecule has 200 valence electrons. The standard InChI is InChI=1S/C28H32N4O6/c33-15-18-1-2-19(11-18)16-38-22-6-4-21(5-7-22)30-28(37)29-13-17-3-8-23-20(12-17)14-32(27(23)36)24-9-10-25(34)31-26(24)35/h3-8,12,18-19,24,33H,1-2,9-11,13-16H2,(H2,29,30,37)(H,31,34,35)/t18-,19+,24?/m0/s1. The van der Waals surface area contributed by atoms with Crippen LogP contribution in [0.2, 0.25) is 0 Å². The third kappa shape index (κ3) is 5.80. The van der Waals surface area contributed by atoms with Crippen LogP contribution in [0.25, 0.3) is 0 Å². The van der Waals surface area contributed by atoms with Crippen LogP contribution in [0, 0.1) is 11.8 Å². The number of nitrogens with zero attached hydrogens (tertiary/aromatic N) is 1. The predicted molar refractivity (Wildman–Crippen MR) is 138 cm³/mol. The van der Waals surface area contributed by atoms with Crippen LogP contribution in [0.15, 0.2) is 42.5 Å². The monoisotopic (exact) mass is 520 g/mol. The zero-order valence-electron chi connectivity index (χ0n) is 21.1. The van der Waals surface area contributed by atoms with Crippen molar-refractivity contribution in [3.05, 3.63) is 59.2 Å². The number of amides is 5. The molecule has 10 heteroatoms. The largest absolute Gasteiger partial charge is 0.493 e. The minimum Gasteiger partial charge on any atom is -0.493 e. The number of fused-ring (bicyclic) bond motifs is 1. The maximum Gasteiger partial charge on any atom is 0.319 e. The molecule has 3 atom stereocenters. The molecule has 2 aliphatic heterocycles. The van der Waals surface area contributed by atoms with Crippen LogP contribution in [0.3, 0.4) is 0 Å². The van der Waals surface area contributed by atoms with E-state index in [1.165, 1.54) is 4.90 Å². The first-order valence-corrected chi connectivity index (χ1v) is 13.0. The summed E-state index contributed by atoms with van der Waals surface area (Å²) in [6.07, 6.45) is 3.64. The van der Waals surface area contributed by atoms with Crippen LogP contribution < -0.4 is 20.7 Å². The van der Waals surface area contributed by atoms with Gasteiger partial charge in [0.15, 0.2) is 0 Å². The van der Waals surface area contributed by atoms with Gasteiger partial charge in [-0.3, -0.25) is 19.7 Å². The molecule has 5 rings (SSSR count). The Morgan fingerprint density at radius 1 is 1.05 bits per heavy atom. The first-order chi connectivity index (χ1) is 18.4. The summed E-state index contributed by atoms with van der Waals surface area (Å²) in [5, 5.41) is 17.2. The van der Waals surface area contributed by atoms with Crippen LogP contribution in [-0.2, 0) is 22.7 Å². The van der Waals surface area contributed by atoms with Crippen molar-refractivity contribution >= 4 is 29.4 Å². The first-order valence-electron chi connectivity index (χ1n) is 13.0. The Hall–Kier alpha value is -3.92. The molecule has 2 heterocycles. The highest BCUT2D eigenvalue weighted by molar-refractivity contribution is 6.05. The van der Waals surface area contributed by atoms with E-state index < -0.39 is 11.9 Å². The molecule has 0 aromatic heterocycles. The Labute approximate surface area is 220 Å². The normalized spacial score (nSPS) is 22.7. The summed E-state index contributed by atoms with van der Waals surface area (Å²) in [7, 11) is 0. The number of urea groups is 1. The molecule has 1 saturated heterocycles. The molecule has 0 bridgehead atoms. The van der Waals surface area contributed by atoms with E-state index in [0.717, 1.165) is 36.1 Å². The van der Waals surface area contributed by atoms with Crippen molar-refractivity contribution in [3.63, 3.8) is 0 Å². The summed E-state index contributed by atoms with van der Waals surface area (Å²) in [5.41, 5.74) is 2.79. The fourth-order valence-corrected chi connectivity index (χ4v) is 5.44. The number of ether oxygens (including phenoxy) is 1. The summed E-state index contributed by atoms with van der Waals surface area (Å²) in [6, 6.07) is 11.5. The maximum atomic E-state index is 12.8. The molecule has 0 radical (unpaired) electrons. The van der Waals surface area contributed by atoms with E-state index >= 15 is 0 Å². The predicted octanol–water partition coefficient (Wildman–Crippen LogP) is 2.56. The molecule has 10 nitrogen and oxygen atoms in total. The Morgan fingerprint density at radius 2 is 1.84 bits per heavy atom. The van der Waals surface area contributed by atoms with Gasteiger partial charge in [-0.15, -0.1) is 0 Å². The molecular formula is C28H32N4O6. The summed E-state index contributed by atoms with van der Waals surface area (Å²) >= 11 is 0. The molecule has 1 saturated carbocycles. The molecule has 2 fully saturated rings. The average Bonchev–Trinajstić information content (AvgIpc) is 3.51. The molecule has 5 amide bonds. The summed E-state index contributed by atoms with van der Waals surface area (Å²) < 4.78 is 5.87. The number of hydrogen-bond donors (Lipinski definition) is 4. The molecule has 2 aromatic rings. The van der Waals surface area contributed by atoms with E-state index in [1.54, 1.807) is 24.3 Å². The second-order valence-corrected chi connectivity index (χ2v) is 10.3. The van der Waals surface area contributed by atoms with Gasteiger partial charge in [-0.25, -0.2) is 4.79 Å². The van der Waals surface area contributed by atoms with Crippen LogP contribution >= 0.6 is 0 Å². The number of piperidine rings is 1. The van der Waals surface area contributed by atoms with Gasteiger partial charge in [0, 0.05) is 37.4 Å². The Kier molecular flexibility index (Phi) is 7.59. The van der Waals surface area contributed by atoms with Gasteiger partial charge in [0.2, 0.25) is 11.8 Å². The van der Waals surface area contributed by atoms with Crippen molar-refractivity contribution in [3.8, 4) is 5.75 Å². The van der Waals surface area contributed by atoms with Gasteiger partial charge in [0.25, 0.3) is 5.91 Å². The highest BCUT2D eigenvalue weighted by Crippen LogP contribution is 2.31. The maximum absolute atomic E-state index is 12.8. The lowest BCUT2D eigenvalue weighted by atomic mass is 10.0.